The fraction of sp³-hybridized carbons (Fsp3) is 0.320. The summed E-state index contributed by atoms with van der Waals surface area (Å²) in [6.07, 6.45) is -3.89. The van der Waals surface area contributed by atoms with E-state index in [1.165, 1.54) is 18.3 Å². The van der Waals surface area contributed by atoms with Gasteiger partial charge in [-0.1, -0.05) is 26.0 Å². The highest BCUT2D eigenvalue weighted by Crippen LogP contribution is 2.40. The van der Waals surface area contributed by atoms with Crippen molar-refractivity contribution in [3.05, 3.63) is 59.8 Å². The summed E-state index contributed by atoms with van der Waals surface area (Å²) in [5, 5.41) is 9.71. The van der Waals surface area contributed by atoms with Gasteiger partial charge in [0.1, 0.15) is 18.0 Å². The number of pyridine rings is 1. The van der Waals surface area contributed by atoms with Gasteiger partial charge in [0, 0.05) is 11.6 Å². The van der Waals surface area contributed by atoms with Crippen LogP contribution in [-0.4, -0.2) is 23.3 Å². The van der Waals surface area contributed by atoms with Gasteiger partial charge in [-0.25, -0.2) is 4.79 Å². The molecule has 0 aliphatic rings. The molecule has 9 heteroatoms. The average molecular weight is 471 g/mol. The molecule has 3 rings (SSSR count). The Kier molecular flexibility index (Phi) is 7.01. The molecular weight excluding hydrogens is 447 g/mol. The molecule has 0 saturated heterocycles. The van der Waals surface area contributed by atoms with Gasteiger partial charge in [-0.05, 0) is 60.7 Å². The minimum absolute atomic E-state index is 0.0823. The Morgan fingerprint density at radius 3 is 2.53 bits per heavy atom. The molecule has 1 atom stereocenters. The highest BCUT2D eigenvalue weighted by molar-refractivity contribution is 5.95. The normalized spacial score (nSPS) is 13.4. The standard InChI is InChI=1S/C25H24F3N3O3/c1-15(2)12-24(3,34-23(30)32)14-33-22-7-5-17(11-20(22)25(26,27)28)18-8-9-31-21-10-16(13-29)4-6-19(18)21/h4-11,15H,12,14H2,1-3H3,(H2,30,32)/t24-/m0/s1. The average Bonchev–Trinajstić information content (AvgIpc) is 2.75. The lowest BCUT2D eigenvalue weighted by atomic mass is 9.94. The van der Waals surface area contributed by atoms with Crippen molar-refractivity contribution in [3.8, 4) is 22.9 Å². The second kappa shape index (κ2) is 9.59. The summed E-state index contributed by atoms with van der Waals surface area (Å²) < 4.78 is 52.6. The van der Waals surface area contributed by atoms with Crippen LogP contribution in [0.4, 0.5) is 18.0 Å². The predicted octanol–water partition coefficient (Wildman–Crippen LogP) is 6.07. The molecule has 2 aromatic carbocycles. The van der Waals surface area contributed by atoms with Crippen LogP contribution in [0.2, 0.25) is 0 Å². The lowest BCUT2D eigenvalue weighted by molar-refractivity contribution is -0.139. The van der Waals surface area contributed by atoms with Gasteiger partial charge in [0.15, 0.2) is 0 Å². The van der Waals surface area contributed by atoms with Crippen LogP contribution >= 0.6 is 0 Å². The van der Waals surface area contributed by atoms with Crippen molar-refractivity contribution in [3.63, 3.8) is 0 Å². The number of fused-ring (bicyclic) bond motifs is 1. The van der Waals surface area contributed by atoms with E-state index in [4.69, 9.17) is 20.5 Å². The molecule has 34 heavy (non-hydrogen) atoms. The van der Waals surface area contributed by atoms with E-state index in [0.717, 1.165) is 6.07 Å². The van der Waals surface area contributed by atoms with Crippen LogP contribution in [0.5, 0.6) is 5.75 Å². The third-order valence-electron chi connectivity index (χ3n) is 5.19. The number of amides is 1. The van der Waals surface area contributed by atoms with Crippen molar-refractivity contribution in [2.45, 2.75) is 39.0 Å². The van der Waals surface area contributed by atoms with E-state index in [1.807, 2.05) is 19.9 Å². The lowest BCUT2D eigenvalue weighted by Crippen LogP contribution is -2.41. The largest absolute Gasteiger partial charge is 0.489 e. The number of nitrogens with zero attached hydrogens (tertiary/aromatic N) is 2. The van der Waals surface area contributed by atoms with Crippen molar-refractivity contribution >= 4 is 17.0 Å². The monoisotopic (exact) mass is 471 g/mol. The van der Waals surface area contributed by atoms with Gasteiger partial charge in [0.25, 0.3) is 0 Å². The minimum atomic E-state index is -4.69. The molecule has 0 aliphatic heterocycles. The van der Waals surface area contributed by atoms with Gasteiger partial charge in [-0.3, -0.25) is 4.98 Å². The van der Waals surface area contributed by atoms with Crippen LogP contribution in [0.25, 0.3) is 22.0 Å². The minimum Gasteiger partial charge on any atom is -0.489 e. The van der Waals surface area contributed by atoms with Crippen LogP contribution < -0.4 is 10.5 Å². The molecule has 1 amide bonds. The second-order valence-corrected chi connectivity index (χ2v) is 8.67. The first-order valence-electron chi connectivity index (χ1n) is 10.5. The summed E-state index contributed by atoms with van der Waals surface area (Å²) in [5.74, 6) is -0.302. The summed E-state index contributed by atoms with van der Waals surface area (Å²) in [7, 11) is 0. The van der Waals surface area contributed by atoms with Gasteiger partial charge in [-0.2, -0.15) is 18.4 Å². The zero-order valence-electron chi connectivity index (χ0n) is 18.9. The van der Waals surface area contributed by atoms with E-state index in [-0.39, 0.29) is 18.3 Å². The number of alkyl halides is 3. The summed E-state index contributed by atoms with van der Waals surface area (Å²) >= 11 is 0. The molecule has 1 aromatic heterocycles. The number of halogens is 3. The van der Waals surface area contributed by atoms with Crippen LogP contribution in [0.1, 0.15) is 38.3 Å². The Balaban J connectivity index is 2.01. The molecule has 3 aromatic rings. The van der Waals surface area contributed by atoms with E-state index >= 15 is 0 Å². The smallest absolute Gasteiger partial charge is 0.419 e. The Bertz CT molecular complexity index is 1250. The first kappa shape index (κ1) is 24.8. The first-order chi connectivity index (χ1) is 15.9. The molecule has 0 bridgehead atoms. The first-order valence-corrected chi connectivity index (χ1v) is 10.5. The molecule has 0 unspecified atom stereocenters. The lowest BCUT2D eigenvalue weighted by Gasteiger charge is -2.30. The van der Waals surface area contributed by atoms with Crippen LogP contribution in [0.15, 0.2) is 48.7 Å². The molecule has 2 N–H and O–H groups in total. The van der Waals surface area contributed by atoms with Crippen molar-refractivity contribution in [2.75, 3.05) is 6.61 Å². The third kappa shape index (κ3) is 5.76. The zero-order chi connectivity index (χ0) is 25.1. The topological polar surface area (TPSA) is 98.2 Å². The number of nitriles is 1. The molecule has 1 heterocycles. The number of hydrogen-bond donors (Lipinski definition) is 1. The van der Waals surface area contributed by atoms with E-state index in [0.29, 0.717) is 34.0 Å². The maximum Gasteiger partial charge on any atom is 0.419 e. The summed E-state index contributed by atoms with van der Waals surface area (Å²) in [6.45, 7) is 5.04. The summed E-state index contributed by atoms with van der Waals surface area (Å²) in [5.41, 5.74) is 4.75. The number of benzene rings is 2. The zero-order valence-corrected chi connectivity index (χ0v) is 18.9. The molecule has 0 saturated carbocycles. The third-order valence-corrected chi connectivity index (χ3v) is 5.19. The van der Waals surface area contributed by atoms with Crippen LogP contribution in [0.3, 0.4) is 0 Å². The second-order valence-electron chi connectivity index (χ2n) is 8.67. The highest BCUT2D eigenvalue weighted by atomic mass is 19.4. The van der Waals surface area contributed by atoms with Crippen LogP contribution in [-0.2, 0) is 10.9 Å². The number of aromatic nitrogens is 1. The van der Waals surface area contributed by atoms with E-state index < -0.39 is 23.4 Å². The van der Waals surface area contributed by atoms with Gasteiger partial charge in [0.05, 0.1) is 22.7 Å². The number of carbonyl (C=O) groups excluding carboxylic acids is 1. The Labute approximate surface area is 195 Å². The molecule has 6 nitrogen and oxygen atoms in total. The van der Waals surface area contributed by atoms with Crippen molar-refractivity contribution in [2.24, 2.45) is 11.7 Å². The van der Waals surface area contributed by atoms with Gasteiger partial charge < -0.3 is 15.2 Å². The Morgan fingerprint density at radius 1 is 1.18 bits per heavy atom. The maximum atomic E-state index is 14.0. The number of primary amides is 1. The van der Waals surface area contributed by atoms with Crippen LogP contribution in [0, 0.1) is 17.2 Å². The number of hydrogen-bond acceptors (Lipinski definition) is 5. The van der Waals surface area contributed by atoms with E-state index in [1.54, 1.807) is 31.2 Å². The Hall–Kier alpha value is -3.80. The van der Waals surface area contributed by atoms with Crippen molar-refractivity contribution < 1.29 is 27.4 Å². The molecule has 0 aliphatic carbocycles. The molecule has 0 spiro atoms. The maximum absolute atomic E-state index is 14.0. The number of rotatable bonds is 7. The molecule has 0 fully saturated rings. The number of carbonyl (C=O) groups is 1. The van der Waals surface area contributed by atoms with Crippen molar-refractivity contribution in [1.29, 1.82) is 5.26 Å². The van der Waals surface area contributed by atoms with Gasteiger partial charge in [-0.15, -0.1) is 0 Å². The summed E-state index contributed by atoms with van der Waals surface area (Å²) in [6, 6.07) is 12.2. The molecular formula is C25H24F3N3O3. The fourth-order valence-corrected chi connectivity index (χ4v) is 3.98. The highest BCUT2D eigenvalue weighted by Gasteiger charge is 2.37. The van der Waals surface area contributed by atoms with Gasteiger partial charge >= 0.3 is 12.3 Å². The Morgan fingerprint density at radius 2 is 1.91 bits per heavy atom. The quantitative estimate of drug-likeness (QED) is 0.451. The molecule has 0 radical (unpaired) electrons. The number of ether oxygens (including phenoxy) is 2. The summed E-state index contributed by atoms with van der Waals surface area (Å²) in [4.78, 5) is 15.5. The van der Waals surface area contributed by atoms with Gasteiger partial charge in [0.2, 0.25) is 0 Å². The van der Waals surface area contributed by atoms with Crippen molar-refractivity contribution in [1.82, 2.24) is 4.98 Å². The fourth-order valence-electron chi connectivity index (χ4n) is 3.98. The predicted molar refractivity (Wildman–Crippen MR) is 121 cm³/mol. The van der Waals surface area contributed by atoms with E-state index in [2.05, 4.69) is 4.98 Å². The van der Waals surface area contributed by atoms with E-state index in [9.17, 15) is 18.0 Å². The number of nitrogens with two attached hydrogens (primary N) is 1. The SMILES string of the molecule is CC(C)C[C@@](C)(COc1ccc(-c2ccnc3cc(C#N)ccc23)cc1C(F)(F)F)OC(N)=O. The molecule has 178 valence electrons.